The molecular formula is C37H44N4O4S. The second-order valence-corrected chi connectivity index (χ2v) is 11.6. The molecule has 2 N–H and O–H groups in total. The average Bonchev–Trinajstić information content (AvgIpc) is 3.76. The number of nitrogens with zero attached hydrogens (tertiary/aromatic N) is 2. The topological polar surface area (TPSA) is 92.8 Å². The molecule has 0 unspecified atom stereocenters. The van der Waals surface area contributed by atoms with E-state index in [0.717, 1.165) is 54.4 Å². The van der Waals surface area contributed by atoms with E-state index in [2.05, 4.69) is 47.5 Å². The number of hydrogen-bond donors (Lipinski definition) is 2. The second kappa shape index (κ2) is 19.0. The van der Waals surface area contributed by atoms with Crippen LogP contribution in [0.4, 0.5) is 0 Å². The predicted octanol–water partition coefficient (Wildman–Crippen LogP) is 6.60. The van der Waals surface area contributed by atoms with Crippen LogP contribution in [0.3, 0.4) is 0 Å². The molecule has 0 saturated carbocycles. The highest BCUT2D eigenvalue weighted by atomic mass is 32.1. The van der Waals surface area contributed by atoms with Crippen LogP contribution in [0.15, 0.2) is 78.2 Å². The fourth-order valence-electron chi connectivity index (χ4n) is 5.00. The summed E-state index contributed by atoms with van der Waals surface area (Å²) in [5.74, 6) is 0.984. The summed E-state index contributed by atoms with van der Waals surface area (Å²) < 4.78 is 10.7. The average molecular weight is 641 g/mol. The first-order valence-corrected chi connectivity index (χ1v) is 16.1. The third-order valence-corrected chi connectivity index (χ3v) is 8.37. The number of amides is 2. The number of ether oxygens (including phenoxy) is 2. The Balaban J connectivity index is 0.000000558. The molecule has 46 heavy (non-hydrogen) atoms. The maximum absolute atomic E-state index is 13.5. The monoisotopic (exact) mass is 640 g/mol. The van der Waals surface area contributed by atoms with Crippen LogP contribution < -0.4 is 20.1 Å². The van der Waals surface area contributed by atoms with Gasteiger partial charge in [0.2, 0.25) is 0 Å². The van der Waals surface area contributed by atoms with E-state index in [0.29, 0.717) is 30.0 Å². The van der Waals surface area contributed by atoms with Crippen molar-refractivity contribution in [1.29, 1.82) is 0 Å². The molecule has 0 spiro atoms. The minimum Gasteiger partial charge on any atom is -0.497 e. The van der Waals surface area contributed by atoms with Gasteiger partial charge in [-0.25, -0.2) is 4.98 Å². The summed E-state index contributed by atoms with van der Waals surface area (Å²) >= 11 is 1.59. The van der Waals surface area contributed by atoms with E-state index in [1.165, 1.54) is 12.7 Å². The molecule has 0 aliphatic carbocycles. The molecule has 1 aliphatic rings. The Bertz CT molecular complexity index is 1550. The molecule has 4 aromatic rings. The predicted molar refractivity (Wildman–Crippen MR) is 186 cm³/mol. The van der Waals surface area contributed by atoms with Crippen LogP contribution in [0.1, 0.15) is 67.8 Å². The van der Waals surface area contributed by atoms with Crippen molar-refractivity contribution in [3.63, 3.8) is 0 Å². The summed E-state index contributed by atoms with van der Waals surface area (Å²) in [6.07, 6.45) is 10.6. The summed E-state index contributed by atoms with van der Waals surface area (Å²) in [6.45, 7) is 6.72. The van der Waals surface area contributed by atoms with Gasteiger partial charge in [-0.3, -0.25) is 9.59 Å². The van der Waals surface area contributed by atoms with E-state index >= 15 is 0 Å². The standard InChI is InChI=1S/C28H34N4O4S.C7H8.C2H2/c1-19-18-37-27(31-19)25-9-5-12-32(25)28(34)22-14-21(15-24(16-22)36-3)26(33)30-11-6-10-29-17-20-7-4-8-23(13-20)35-2;1-7-5-3-2-4-6-7;1-2/h4,7-8,13-16,18,25,29H,5-6,9-12,17H2,1-3H3,(H,30,33);2-6H,1H3;1-2H/t25-;;/m1../s1. The molecule has 5 rings (SSSR count). The maximum Gasteiger partial charge on any atom is 0.254 e. The Kier molecular flexibility index (Phi) is 14.8. The minimum atomic E-state index is -0.228. The van der Waals surface area contributed by atoms with Crippen LogP contribution >= 0.6 is 11.3 Å². The van der Waals surface area contributed by atoms with Crippen molar-refractivity contribution in [3.05, 3.63) is 111 Å². The highest BCUT2D eigenvalue weighted by molar-refractivity contribution is 7.09. The van der Waals surface area contributed by atoms with Gasteiger partial charge in [0.1, 0.15) is 16.5 Å². The first kappa shape index (κ1) is 35.8. The molecule has 8 nitrogen and oxygen atoms in total. The molecule has 3 aromatic carbocycles. The van der Waals surface area contributed by atoms with Crippen LogP contribution in [0.2, 0.25) is 0 Å². The van der Waals surface area contributed by atoms with Gasteiger partial charge in [0.25, 0.3) is 11.8 Å². The molecule has 2 amide bonds. The number of aryl methyl sites for hydroxylation is 2. The molecule has 1 aromatic heterocycles. The molecule has 2 heterocycles. The number of thiazole rings is 1. The zero-order chi connectivity index (χ0) is 33.3. The largest absolute Gasteiger partial charge is 0.497 e. The molecule has 1 atom stereocenters. The Hall–Kier alpha value is -4.65. The zero-order valence-electron chi connectivity index (χ0n) is 27.1. The van der Waals surface area contributed by atoms with Gasteiger partial charge in [0, 0.05) is 41.8 Å². The number of benzene rings is 3. The first-order valence-electron chi connectivity index (χ1n) is 15.3. The van der Waals surface area contributed by atoms with E-state index < -0.39 is 0 Å². The number of likely N-dealkylation sites (tertiary alicyclic amines) is 1. The number of terminal acetylenes is 1. The number of carbonyl (C=O) groups is 2. The lowest BCUT2D eigenvalue weighted by molar-refractivity contribution is 0.0735. The number of methoxy groups -OCH3 is 2. The zero-order valence-corrected chi connectivity index (χ0v) is 27.9. The van der Waals surface area contributed by atoms with Crippen LogP contribution in [0.25, 0.3) is 0 Å². The molecular weight excluding hydrogens is 596 g/mol. The number of nitrogens with one attached hydrogen (secondary N) is 2. The van der Waals surface area contributed by atoms with E-state index in [9.17, 15) is 9.59 Å². The quantitative estimate of drug-likeness (QED) is 0.142. The summed E-state index contributed by atoms with van der Waals surface area (Å²) in [4.78, 5) is 32.8. The van der Waals surface area contributed by atoms with Gasteiger partial charge in [-0.2, -0.15) is 0 Å². The number of rotatable bonds is 11. The van der Waals surface area contributed by atoms with Gasteiger partial charge in [-0.1, -0.05) is 48.0 Å². The number of aromatic nitrogens is 1. The van der Waals surface area contributed by atoms with Crippen molar-refractivity contribution in [2.24, 2.45) is 0 Å². The Morgan fingerprint density at radius 3 is 2.33 bits per heavy atom. The van der Waals surface area contributed by atoms with Crippen LogP contribution in [-0.2, 0) is 6.54 Å². The minimum absolute atomic E-state index is 0.0286. The number of hydrogen-bond acceptors (Lipinski definition) is 7. The Morgan fingerprint density at radius 2 is 1.67 bits per heavy atom. The Labute approximate surface area is 277 Å². The fraction of sp³-hybridized carbons (Fsp3) is 0.324. The lowest BCUT2D eigenvalue weighted by Gasteiger charge is -2.23. The van der Waals surface area contributed by atoms with Crippen LogP contribution in [-0.4, -0.2) is 55.6 Å². The van der Waals surface area contributed by atoms with Crippen LogP contribution in [0, 0.1) is 26.7 Å². The van der Waals surface area contributed by atoms with E-state index in [4.69, 9.17) is 9.47 Å². The fourth-order valence-corrected chi connectivity index (χ4v) is 5.94. The molecule has 0 bridgehead atoms. The van der Waals surface area contributed by atoms with E-state index in [1.807, 2.05) is 59.7 Å². The number of carbonyl (C=O) groups excluding carboxylic acids is 2. The van der Waals surface area contributed by atoms with E-state index in [-0.39, 0.29) is 17.9 Å². The molecule has 0 radical (unpaired) electrons. The lowest BCUT2D eigenvalue weighted by Crippen LogP contribution is -2.31. The lowest BCUT2D eigenvalue weighted by atomic mass is 10.1. The maximum atomic E-state index is 13.5. The summed E-state index contributed by atoms with van der Waals surface area (Å²) in [6, 6.07) is 23.2. The van der Waals surface area contributed by atoms with Gasteiger partial charge >= 0.3 is 0 Å². The van der Waals surface area contributed by atoms with Crippen molar-refractivity contribution in [2.75, 3.05) is 33.9 Å². The van der Waals surface area contributed by atoms with Crippen molar-refractivity contribution in [1.82, 2.24) is 20.5 Å². The summed E-state index contributed by atoms with van der Waals surface area (Å²) in [7, 11) is 3.19. The molecule has 1 aliphatic heterocycles. The molecule has 242 valence electrons. The summed E-state index contributed by atoms with van der Waals surface area (Å²) in [5, 5.41) is 9.31. The highest BCUT2D eigenvalue weighted by Crippen LogP contribution is 2.35. The second-order valence-electron chi connectivity index (χ2n) is 10.7. The SMILES string of the molecule is C#C.COc1cccc(CNCCCNC(=O)c2cc(OC)cc(C(=O)N3CCC[C@@H]3c3nc(C)cs3)c2)c1.Cc1ccccc1. The van der Waals surface area contributed by atoms with Crippen LogP contribution in [0.5, 0.6) is 11.5 Å². The van der Waals surface area contributed by atoms with Crippen molar-refractivity contribution < 1.29 is 19.1 Å². The molecule has 1 fully saturated rings. The normalized spacial score (nSPS) is 13.4. The molecule has 9 heteroatoms. The summed E-state index contributed by atoms with van der Waals surface area (Å²) in [5.41, 5.74) is 4.29. The van der Waals surface area contributed by atoms with Crippen molar-refractivity contribution in [2.45, 2.75) is 45.7 Å². The van der Waals surface area contributed by atoms with Crippen molar-refractivity contribution >= 4 is 23.2 Å². The van der Waals surface area contributed by atoms with E-state index in [1.54, 1.807) is 36.6 Å². The third-order valence-electron chi connectivity index (χ3n) is 7.31. The van der Waals surface area contributed by atoms with Crippen molar-refractivity contribution in [3.8, 4) is 24.3 Å². The Morgan fingerprint density at radius 1 is 0.935 bits per heavy atom. The molecule has 1 saturated heterocycles. The smallest absolute Gasteiger partial charge is 0.254 e. The first-order chi connectivity index (χ1) is 22.4. The van der Waals surface area contributed by atoms with Gasteiger partial charge in [0.15, 0.2) is 0 Å². The third kappa shape index (κ3) is 10.8. The van der Waals surface area contributed by atoms with Gasteiger partial charge in [-0.15, -0.1) is 24.2 Å². The van der Waals surface area contributed by atoms with Gasteiger partial charge in [0.05, 0.1) is 20.3 Å². The highest BCUT2D eigenvalue weighted by Gasteiger charge is 2.33. The van der Waals surface area contributed by atoms with Gasteiger partial charge < -0.3 is 25.0 Å². The van der Waals surface area contributed by atoms with Gasteiger partial charge in [-0.05, 0) is 75.5 Å².